The molecule has 2 aliphatic rings. The molecule has 1 aromatic carbocycles. The molecule has 9 heteroatoms. The van der Waals surface area contributed by atoms with Crippen LogP contribution in [0.4, 0.5) is 4.79 Å². The summed E-state index contributed by atoms with van der Waals surface area (Å²) >= 11 is 0. The highest BCUT2D eigenvalue weighted by molar-refractivity contribution is 5.68. The maximum atomic E-state index is 12.3. The molecule has 5 atom stereocenters. The molecule has 1 aromatic rings. The van der Waals surface area contributed by atoms with Gasteiger partial charge in [-0.3, -0.25) is 0 Å². The van der Waals surface area contributed by atoms with Gasteiger partial charge in [-0.2, -0.15) is 0 Å². The van der Waals surface area contributed by atoms with Gasteiger partial charge in [0.2, 0.25) is 12.5 Å². The van der Waals surface area contributed by atoms with E-state index in [9.17, 15) is 20.1 Å². The van der Waals surface area contributed by atoms with Gasteiger partial charge in [0.15, 0.2) is 11.5 Å². The Morgan fingerprint density at radius 1 is 1.18 bits per heavy atom. The van der Waals surface area contributed by atoms with Gasteiger partial charge in [-0.1, -0.05) is 0 Å². The van der Waals surface area contributed by atoms with Gasteiger partial charge in [-0.25, -0.2) is 4.79 Å². The van der Waals surface area contributed by atoms with Gasteiger partial charge in [0.05, 0.1) is 19.3 Å². The van der Waals surface area contributed by atoms with E-state index in [0.29, 0.717) is 22.8 Å². The summed E-state index contributed by atoms with van der Waals surface area (Å²) in [5.74, 6) is 0.862. The highest BCUT2D eigenvalue weighted by atomic mass is 16.7. The first-order valence-electron chi connectivity index (χ1n) is 9.12. The number of ether oxygens (including phenoxy) is 4. The quantitative estimate of drug-likeness (QED) is 0.592. The van der Waals surface area contributed by atoms with Crippen LogP contribution in [0, 0.1) is 0 Å². The molecular weight excluding hydrogens is 370 g/mol. The predicted octanol–water partition coefficient (Wildman–Crippen LogP) is 0.887. The Labute approximate surface area is 163 Å². The molecule has 0 unspecified atom stereocenters. The minimum atomic E-state index is -1.40. The lowest BCUT2D eigenvalue weighted by Gasteiger charge is -2.41. The second kappa shape index (κ2) is 7.65. The number of nitrogens with one attached hydrogen (secondary N) is 1. The van der Waals surface area contributed by atoms with Crippen molar-refractivity contribution >= 4 is 6.09 Å². The number of methoxy groups -OCH3 is 1. The zero-order valence-corrected chi connectivity index (χ0v) is 16.3. The summed E-state index contributed by atoms with van der Waals surface area (Å²) in [7, 11) is 1.49. The fraction of sp³-hybridized carbons (Fsp3) is 0.632. The third kappa shape index (κ3) is 4.11. The second-order valence-corrected chi connectivity index (χ2v) is 8.02. The topological polar surface area (TPSA) is 127 Å². The van der Waals surface area contributed by atoms with Crippen molar-refractivity contribution in [1.29, 1.82) is 0 Å². The zero-order chi connectivity index (χ0) is 20.6. The molecule has 0 spiro atoms. The van der Waals surface area contributed by atoms with E-state index in [1.165, 1.54) is 7.11 Å². The van der Waals surface area contributed by atoms with Gasteiger partial charge in [0, 0.05) is 5.92 Å². The maximum absolute atomic E-state index is 12.3. The zero-order valence-electron chi connectivity index (χ0n) is 16.3. The number of alkyl carbamates (subject to hydrolysis) is 1. The highest BCUT2D eigenvalue weighted by Crippen LogP contribution is 2.45. The lowest BCUT2D eigenvalue weighted by atomic mass is 9.75. The first kappa shape index (κ1) is 20.5. The van der Waals surface area contributed by atoms with Gasteiger partial charge < -0.3 is 39.6 Å². The number of aliphatic hydroxyl groups is 3. The summed E-state index contributed by atoms with van der Waals surface area (Å²) in [6, 6.07) is 2.54. The molecule has 1 aliphatic carbocycles. The Kier molecular flexibility index (Phi) is 5.60. The third-order valence-electron chi connectivity index (χ3n) is 4.83. The molecule has 1 amide bonds. The number of carbonyl (C=O) groups is 1. The van der Waals surface area contributed by atoms with Crippen molar-refractivity contribution in [3.63, 3.8) is 0 Å². The van der Waals surface area contributed by atoms with Crippen LogP contribution in [0.3, 0.4) is 0 Å². The summed E-state index contributed by atoms with van der Waals surface area (Å²) in [6.07, 6.45) is -4.56. The molecule has 1 saturated carbocycles. The average molecular weight is 397 g/mol. The Morgan fingerprint density at radius 2 is 1.89 bits per heavy atom. The predicted molar refractivity (Wildman–Crippen MR) is 97.7 cm³/mol. The van der Waals surface area contributed by atoms with Crippen LogP contribution in [0.25, 0.3) is 0 Å². The minimum absolute atomic E-state index is 0.0589. The van der Waals surface area contributed by atoms with Gasteiger partial charge in [0.1, 0.15) is 17.8 Å². The molecule has 1 heterocycles. The van der Waals surface area contributed by atoms with Crippen molar-refractivity contribution in [2.24, 2.45) is 0 Å². The fourth-order valence-electron chi connectivity index (χ4n) is 3.56. The van der Waals surface area contributed by atoms with Crippen molar-refractivity contribution in [2.45, 2.75) is 63.1 Å². The summed E-state index contributed by atoms with van der Waals surface area (Å²) < 4.78 is 21.5. The van der Waals surface area contributed by atoms with E-state index in [-0.39, 0.29) is 13.2 Å². The van der Waals surface area contributed by atoms with E-state index in [0.717, 1.165) is 0 Å². The van der Waals surface area contributed by atoms with E-state index in [1.54, 1.807) is 32.9 Å². The van der Waals surface area contributed by atoms with Crippen molar-refractivity contribution in [3.05, 3.63) is 17.7 Å². The lowest BCUT2D eigenvalue weighted by Crippen LogP contribution is -2.59. The molecule has 1 fully saturated rings. The van der Waals surface area contributed by atoms with Gasteiger partial charge >= 0.3 is 6.09 Å². The van der Waals surface area contributed by atoms with Gasteiger partial charge in [0.25, 0.3) is 0 Å². The molecule has 0 saturated heterocycles. The number of carbonyl (C=O) groups excluding carboxylic acids is 1. The van der Waals surface area contributed by atoms with Crippen LogP contribution in [0.2, 0.25) is 0 Å². The first-order chi connectivity index (χ1) is 13.1. The van der Waals surface area contributed by atoms with E-state index in [4.69, 9.17) is 18.9 Å². The highest BCUT2D eigenvalue weighted by Gasteiger charge is 2.45. The second-order valence-electron chi connectivity index (χ2n) is 8.02. The van der Waals surface area contributed by atoms with Crippen LogP contribution in [0.15, 0.2) is 12.1 Å². The van der Waals surface area contributed by atoms with Crippen LogP contribution in [0.5, 0.6) is 17.2 Å². The number of hydrogen-bond acceptors (Lipinski definition) is 8. The lowest BCUT2D eigenvalue weighted by molar-refractivity contribution is -0.105. The van der Waals surface area contributed by atoms with Crippen molar-refractivity contribution < 1.29 is 39.1 Å². The summed E-state index contributed by atoms with van der Waals surface area (Å²) in [5, 5.41) is 33.5. The van der Waals surface area contributed by atoms with Crippen LogP contribution in [-0.2, 0) is 4.74 Å². The summed E-state index contributed by atoms with van der Waals surface area (Å²) in [4.78, 5) is 12.3. The SMILES string of the molecule is COc1cc([C@H]2C[C@H](O)[C@@H](O)[C@@H](O)[C@@H]2NC(=O)OC(C)(C)C)cc2c1OCO2. The molecule has 28 heavy (non-hydrogen) atoms. The number of fused-ring (bicyclic) bond motifs is 1. The number of hydrogen-bond donors (Lipinski definition) is 4. The summed E-state index contributed by atoms with van der Waals surface area (Å²) in [5.41, 5.74) is -0.0635. The number of amides is 1. The number of aliphatic hydroxyl groups excluding tert-OH is 3. The van der Waals surface area contributed by atoms with E-state index in [2.05, 4.69) is 5.32 Å². The summed E-state index contributed by atoms with van der Waals surface area (Å²) in [6.45, 7) is 5.23. The van der Waals surface area contributed by atoms with E-state index in [1.807, 2.05) is 0 Å². The van der Waals surface area contributed by atoms with Crippen LogP contribution >= 0.6 is 0 Å². The Hall–Kier alpha value is -2.23. The molecule has 3 rings (SSSR count). The molecule has 9 nitrogen and oxygen atoms in total. The Balaban J connectivity index is 1.93. The normalized spacial score (nSPS) is 29.3. The maximum Gasteiger partial charge on any atom is 0.407 e. The van der Waals surface area contributed by atoms with E-state index < -0.39 is 42.0 Å². The molecule has 0 aromatic heterocycles. The Bertz CT molecular complexity index is 731. The molecular formula is C19H27NO8. The fourth-order valence-corrected chi connectivity index (χ4v) is 3.56. The molecule has 4 N–H and O–H groups in total. The van der Waals surface area contributed by atoms with Crippen LogP contribution < -0.4 is 19.5 Å². The largest absolute Gasteiger partial charge is 0.493 e. The molecule has 156 valence electrons. The number of rotatable bonds is 3. The van der Waals surface area contributed by atoms with Crippen molar-refractivity contribution in [2.75, 3.05) is 13.9 Å². The van der Waals surface area contributed by atoms with Gasteiger partial charge in [-0.05, 0) is 44.9 Å². The molecule has 0 bridgehead atoms. The van der Waals surface area contributed by atoms with E-state index >= 15 is 0 Å². The number of benzene rings is 1. The van der Waals surface area contributed by atoms with Crippen molar-refractivity contribution in [1.82, 2.24) is 5.32 Å². The first-order valence-corrected chi connectivity index (χ1v) is 9.12. The molecule has 1 aliphatic heterocycles. The van der Waals surface area contributed by atoms with Crippen LogP contribution in [-0.4, -0.2) is 65.3 Å². The standard InChI is InChI=1S/C19H27NO8/c1-19(2,3)28-18(24)20-14-10(7-11(21)15(22)16(14)23)9-5-12(25-4)17-13(6-9)26-8-27-17/h5-6,10-11,14-16,21-23H,7-8H2,1-4H3,(H,20,24)/t10-,11+,14-,15-,16+/m1/s1. The molecule has 0 radical (unpaired) electrons. The average Bonchev–Trinajstić information content (AvgIpc) is 3.08. The monoisotopic (exact) mass is 397 g/mol. The smallest absolute Gasteiger partial charge is 0.407 e. The Morgan fingerprint density at radius 3 is 2.54 bits per heavy atom. The third-order valence-corrected chi connectivity index (χ3v) is 4.83. The van der Waals surface area contributed by atoms with Crippen molar-refractivity contribution in [3.8, 4) is 17.2 Å². The minimum Gasteiger partial charge on any atom is -0.493 e. The van der Waals surface area contributed by atoms with Gasteiger partial charge in [-0.15, -0.1) is 0 Å². The van der Waals surface area contributed by atoms with Crippen LogP contribution in [0.1, 0.15) is 38.7 Å².